The summed E-state index contributed by atoms with van der Waals surface area (Å²) in [5.41, 5.74) is 1.49. The summed E-state index contributed by atoms with van der Waals surface area (Å²) >= 11 is 6.05. The van der Waals surface area contributed by atoms with E-state index >= 15 is 0 Å². The zero-order chi connectivity index (χ0) is 20.1. The van der Waals surface area contributed by atoms with E-state index in [4.69, 9.17) is 16.3 Å². The van der Waals surface area contributed by atoms with E-state index in [0.717, 1.165) is 0 Å². The highest BCUT2D eigenvalue weighted by Gasteiger charge is 2.17. The summed E-state index contributed by atoms with van der Waals surface area (Å²) < 4.78 is 4.95. The molecule has 0 heterocycles. The molecule has 0 aliphatic rings. The number of carbonyl (C=O) groups is 3. The lowest BCUT2D eigenvalue weighted by Gasteiger charge is -2.11. The predicted molar refractivity (Wildman–Crippen MR) is 107 cm³/mol. The molecule has 0 unspecified atom stereocenters. The smallest absolute Gasteiger partial charge is 0.308 e. The molecular formula is C22H16ClNO4. The highest BCUT2D eigenvalue weighted by atomic mass is 35.5. The third-order valence-corrected chi connectivity index (χ3v) is 4.12. The Hall–Kier alpha value is -3.44. The minimum absolute atomic E-state index is 0.247. The van der Waals surface area contributed by atoms with E-state index in [1.807, 2.05) is 6.07 Å². The molecule has 6 heteroatoms. The van der Waals surface area contributed by atoms with Gasteiger partial charge in [0.05, 0.1) is 5.69 Å². The molecule has 0 bridgehead atoms. The molecule has 0 aliphatic carbocycles. The van der Waals surface area contributed by atoms with Crippen molar-refractivity contribution in [1.29, 1.82) is 0 Å². The fourth-order valence-electron chi connectivity index (χ4n) is 2.59. The summed E-state index contributed by atoms with van der Waals surface area (Å²) in [5.74, 6) is -0.750. The summed E-state index contributed by atoms with van der Waals surface area (Å²) in [7, 11) is 0. The Morgan fingerprint density at radius 1 is 0.857 bits per heavy atom. The van der Waals surface area contributed by atoms with Gasteiger partial charge in [0.15, 0.2) is 5.78 Å². The standard InChI is InChI=1S/C22H16ClNO4/c1-14(25)28-18-10-7-16(8-11-18)22(27)24-20-12-9-17(23)13-19(20)21(26)15-5-3-2-4-6-15/h2-13H,1H3,(H,24,27). The number of ketones is 1. The van der Waals surface area contributed by atoms with Crippen LogP contribution in [0.4, 0.5) is 5.69 Å². The highest BCUT2D eigenvalue weighted by Crippen LogP contribution is 2.24. The Bertz CT molecular complexity index is 1030. The van der Waals surface area contributed by atoms with Crippen LogP contribution in [-0.2, 0) is 4.79 Å². The second kappa shape index (κ2) is 8.50. The summed E-state index contributed by atoms with van der Waals surface area (Å²) in [6.07, 6.45) is 0. The first-order valence-corrected chi connectivity index (χ1v) is 8.81. The SMILES string of the molecule is CC(=O)Oc1ccc(C(=O)Nc2ccc(Cl)cc2C(=O)c2ccccc2)cc1. The normalized spacial score (nSPS) is 10.2. The fraction of sp³-hybridized carbons (Fsp3) is 0.0455. The van der Waals surface area contributed by atoms with E-state index in [1.165, 1.54) is 37.3 Å². The third-order valence-electron chi connectivity index (χ3n) is 3.89. The van der Waals surface area contributed by atoms with Crippen LogP contribution in [0.3, 0.4) is 0 Å². The molecule has 3 aromatic carbocycles. The van der Waals surface area contributed by atoms with Crippen LogP contribution in [0.2, 0.25) is 5.02 Å². The maximum atomic E-state index is 12.8. The molecule has 0 saturated heterocycles. The number of ether oxygens (including phenoxy) is 1. The Morgan fingerprint density at radius 2 is 1.54 bits per heavy atom. The minimum Gasteiger partial charge on any atom is -0.427 e. The lowest BCUT2D eigenvalue weighted by molar-refractivity contribution is -0.131. The molecule has 5 nitrogen and oxygen atoms in total. The van der Waals surface area contributed by atoms with Crippen molar-refractivity contribution in [3.8, 4) is 5.75 Å². The van der Waals surface area contributed by atoms with Crippen LogP contribution in [0.5, 0.6) is 5.75 Å². The quantitative estimate of drug-likeness (QED) is 0.385. The number of hydrogen-bond acceptors (Lipinski definition) is 4. The molecule has 28 heavy (non-hydrogen) atoms. The van der Waals surface area contributed by atoms with Gasteiger partial charge in [-0.2, -0.15) is 0 Å². The van der Waals surface area contributed by atoms with Gasteiger partial charge >= 0.3 is 5.97 Å². The van der Waals surface area contributed by atoms with Gasteiger partial charge in [-0.1, -0.05) is 41.9 Å². The number of nitrogens with one attached hydrogen (secondary N) is 1. The lowest BCUT2D eigenvalue weighted by Crippen LogP contribution is -2.15. The molecule has 1 N–H and O–H groups in total. The van der Waals surface area contributed by atoms with Gasteiger partial charge in [0.2, 0.25) is 0 Å². The van der Waals surface area contributed by atoms with Crippen molar-refractivity contribution < 1.29 is 19.1 Å². The third kappa shape index (κ3) is 4.64. The molecule has 0 aromatic heterocycles. The van der Waals surface area contributed by atoms with Gasteiger partial charge < -0.3 is 10.1 Å². The van der Waals surface area contributed by atoms with Gasteiger partial charge in [0.1, 0.15) is 5.75 Å². The van der Waals surface area contributed by atoms with E-state index in [-0.39, 0.29) is 5.78 Å². The second-order valence-electron chi connectivity index (χ2n) is 5.96. The summed E-state index contributed by atoms with van der Waals surface area (Å²) in [6.45, 7) is 1.30. The number of benzene rings is 3. The van der Waals surface area contributed by atoms with Gasteiger partial charge in [-0.05, 0) is 42.5 Å². The number of anilines is 1. The molecule has 0 radical (unpaired) electrons. The fourth-order valence-corrected chi connectivity index (χ4v) is 2.77. The van der Waals surface area contributed by atoms with Gasteiger partial charge in [-0.15, -0.1) is 0 Å². The average Bonchev–Trinajstić information content (AvgIpc) is 2.69. The topological polar surface area (TPSA) is 72.5 Å². The first-order valence-electron chi connectivity index (χ1n) is 8.43. The summed E-state index contributed by atoms with van der Waals surface area (Å²) in [5, 5.41) is 3.13. The van der Waals surface area contributed by atoms with Gasteiger partial charge in [0.25, 0.3) is 5.91 Å². The lowest BCUT2D eigenvalue weighted by atomic mass is 10.0. The highest BCUT2D eigenvalue weighted by molar-refractivity contribution is 6.31. The van der Waals surface area contributed by atoms with Crippen LogP contribution >= 0.6 is 11.6 Å². The van der Waals surface area contributed by atoms with Crippen molar-refractivity contribution in [2.24, 2.45) is 0 Å². The van der Waals surface area contributed by atoms with Crippen LogP contribution in [0.1, 0.15) is 33.2 Å². The summed E-state index contributed by atoms with van der Waals surface area (Å²) in [6, 6.07) is 19.6. The number of esters is 1. The van der Waals surface area contributed by atoms with Crippen LogP contribution in [0.25, 0.3) is 0 Å². The summed E-state index contributed by atoms with van der Waals surface area (Å²) in [4.78, 5) is 36.4. The first kappa shape index (κ1) is 19.3. The molecule has 0 spiro atoms. The van der Waals surface area contributed by atoms with E-state index in [9.17, 15) is 14.4 Å². The Labute approximate surface area is 166 Å². The number of carbonyl (C=O) groups excluding carboxylic acids is 3. The Morgan fingerprint density at radius 3 is 2.18 bits per heavy atom. The number of halogens is 1. The van der Waals surface area contributed by atoms with Crippen molar-refractivity contribution in [3.05, 3.63) is 94.5 Å². The van der Waals surface area contributed by atoms with Crippen LogP contribution in [-0.4, -0.2) is 17.7 Å². The molecule has 0 aliphatic heterocycles. The van der Waals surface area contributed by atoms with E-state index in [1.54, 1.807) is 36.4 Å². The zero-order valence-electron chi connectivity index (χ0n) is 14.9. The first-order chi connectivity index (χ1) is 13.4. The molecule has 0 saturated carbocycles. The van der Waals surface area contributed by atoms with Crippen LogP contribution in [0, 0.1) is 0 Å². The molecule has 3 aromatic rings. The van der Waals surface area contributed by atoms with Crippen molar-refractivity contribution in [3.63, 3.8) is 0 Å². The van der Waals surface area contributed by atoms with Crippen molar-refractivity contribution in [2.45, 2.75) is 6.92 Å². The average molecular weight is 394 g/mol. The van der Waals surface area contributed by atoms with E-state index in [0.29, 0.717) is 33.1 Å². The van der Waals surface area contributed by atoms with Gasteiger partial charge in [-0.25, -0.2) is 0 Å². The van der Waals surface area contributed by atoms with E-state index in [2.05, 4.69) is 5.32 Å². The Kier molecular flexibility index (Phi) is 5.87. The molecule has 3 rings (SSSR count). The monoisotopic (exact) mass is 393 g/mol. The number of amides is 1. The van der Waals surface area contributed by atoms with E-state index < -0.39 is 11.9 Å². The molecule has 0 atom stereocenters. The second-order valence-corrected chi connectivity index (χ2v) is 6.39. The number of hydrogen-bond donors (Lipinski definition) is 1. The predicted octanol–water partition coefficient (Wildman–Crippen LogP) is 4.75. The Balaban J connectivity index is 1.85. The number of rotatable bonds is 5. The van der Waals surface area contributed by atoms with Gasteiger partial charge in [0, 0.05) is 28.6 Å². The molecular weight excluding hydrogens is 378 g/mol. The molecule has 0 fully saturated rings. The largest absolute Gasteiger partial charge is 0.427 e. The maximum Gasteiger partial charge on any atom is 0.308 e. The molecule has 140 valence electrons. The van der Waals surface area contributed by atoms with Gasteiger partial charge in [-0.3, -0.25) is 14.4 Å². The van der Waals surface area contributed by atoms with Crippen LogP contribution in [0.15, 0.2) is 72.8 Å². The van der Waals surface area contributed by atoms with Crippen LogP contribution < -0.4 is 10.1 Å². The minimum atomic E-state index is -0.442. The van der Waals surface area contributed by atoms with Crippen molar-refractivity contribution in [2.75, 3.05) is 5.32 Å². The van der Waals surface area contributed by atoms with Crippen molar-refractivity contribution in [1.82, 2.24) is 0 Å². The van der Waals surface area contributed by atoms with Crippen molar-refractivity contribution >= 4 is 34.9 Å². The zero-order valence-corrected chi connectivity index (χ0v) is 15.7. The maximum absolute atomic E-state index is 12.8. The molecule has 1 amide bonds.